The molecule has 1 fully saturated rings. The van der Waals surface area contributed by atoms with Crippen LogP contribution in [0.25, 0.3) is 5.69 Å². The van der Waals surface area contributed by atoms with Crippen LogP contribution < -0.4 is 4.74 Å². The van der Waals surface area contributed by atoms with Gasteiger partial charge in [-0.2, -0.15) is 5.10 Å². The first-order valence-electron chi connectivity index (χ1n) is 9.89. The Kier molecular flexibility index (Phi) is 5.44. The molecule has 1 aliphatic heterocycles. The minimum absolute atomic E-state index is 0.0105. The van der Waals surface area contributed by atoms with Gasteiger partial charge in [0, 0.05) is 11.6 Å². The summed E-state index contributed by atoms with van der Waals surface area (Å²) in [5.74, 6) is 1.75. The van der Waals surface area contributed by atoms with Gasteiger partial charge in [-0.15, -0.1) is 10.2 Å². The molecule has 8 nitrogen and oxygen atoms in total. The molecule has 0 bridgehead atoms. The summed E-state index contributed by atoms with van der Waals surface area (Å²) < 4.78 is 9.00. The van der Waals surface area contributed by atoms with Crippen molar-refractivity contribution in [2.45, 2.75) is 33.2 Å². The number of hydrogen-bond donors (Lipinski definition) is 0. The van der Waals surface area contributed by atoms with E-state index in [1.54, 1.807) is 18.1 Å². The lowest BCUT2D eigenvalue weighted by atomic mass is 9.96. The summed E-state index contributed by atoms with van der Waals surface area (Å²) in [5.41, 5.74) is 2.70. The molecule has 2 aromatic heterocycles. The SMILES string of the molecule is COc1ccccc1-n1cnnc1CN1CCC(C(=O)n2nc(C)cc2C)CC1. The highest BCUT2D eigenvalue weighted by molar-refractivity contribution is 5.81. The molecule has 1 aromatic carbocycles. The van der Waals surface area contributed by atoms with E-state index in [-0.39, 0.29) is 11.8 Å². The summed E-state index contributed by atoms with van der Waals surface area (Å²) >= 11 is 0. The van der Waals surface area contributed by atoms with Gasteiger partial charge in [0.05, 0.1) is 25.0 Å². The number of benzene rings is 1. The average Bonchev–Trinajstić information content (AvgIpc) is 3.33. The van der Waals surface area contributed by atoms with Crippen LogP contribution in [-0.2, 0) is 6.54 Å². The highest BCUT2D eigenvalue weighted by atomic mass is 16.5. The summed E-state index contributed by atoms with van der Waals surface area (Å²) in [6.45, 7) is 6.21. The van der Waals surface area contributed by atoms with Gasteiger partial charge in [-0.25, -0.2) is 4.68 Å². The second-order valence-electron chi connectivity index (χ2n) is 7.52. The van der Waals surface area contributed by atoms with Gasteiger partial charge in [-0.05, 0) is 58.0 Å². The number of hydrogen-bond acceptors (Lipinski definition) is 6. The minimum atomic E-state index is 0.0105. The van der Waals surface area contributed by atoms with Crippen molar-refractivity contribution in [3.63, 3.8) is 0 Å². The van der Waals surface area contributed by atoms with Crippen molar-refractivity contribution in [1.29, 1.82) is 0 Å². The molecule has 152 valence electrons. The van der Waals surface area contributed by atoms with Gasteiger partial charge >= 0.3 is 0 Å². The van der Waals surface area contributed by atoms with E-state index in [2.05, 4.69) is 20.2 Å². The zero-order valence-electron chi connectivity index (χ0n) is 17.1. The van der Waals surface area contributed by atoms with Crippen LogP contribution in [0.2, 0.25) is 0 Å². The molecule has 29 heavy (non-hydrogen) atoms. The predicted octanol–water partition coefficient (Wildman–Crippen LogP) is 2.64. The van der Waals surface area contributed by atoms with Crippen molar-refractivity contribution >= 4 is 5.91 Å². The molecular formula is C21H26N6O2. The maximum Gasteiger partial charge on any atom is 0.250 e. The predicted molar refractivity (Wildman–Crippen MR) is 108 cm³/mol. The molecule has 0 aliphatic carbocycles. The number of para-hydroxylation sites is 2. The Morgan fingerprint density at radius 2 is 1.97 bits per heavy atom. The molecule has 0 atom stereocenters. The third-order valence-electron chi connectivity index (χ3n) is 5.48. The van der Waals surface area contributed by atoms with Crippen LogP contribution in [0.15, 0.2) is 36.7 Å². The van der Waals surface area contributed by atoms with Gasteiger partial charge in [-0.3, -0.25) is 14.3 Å². The quantitative estimate of drug-likeness (QED) is 0.662. The fourth-order valence-electron chi connectivity index (χ4n) is 3.96. The second kappa shape index (κ2) is 8.16. The molecule has 8 heteroatoms. The van der Waals surface area contributed by atoms with E-state index in [1.165, 1.54) is 0 Å². The van der Waals surface area contributed by atoms with E-state index in [4.69, 9.17) is 4.74 Å². The first-order chi connectivity index (χ1) is 14.1. The molecule has 0 unspecified atom stereocenters. The zero-order chi connectivity index (χ0) is 20.4. The molecule has 4 rings (SSSR count). The van der Waals surface area contributed by atoms with Crippen molar-refractivity contribution in [2.24, 2.45) is 5.92 Å². The van der Waals surface area contributed by atoms with Gasteiger partial charge in [0.25, 0.3) is 0 Å². The van der Waals surface area contributed by atoms with E-state index in [9.17, 15) is 4.79 Å². The van der Waals surface area contributed by atoms with E-state index in [0.29, 0.717) is 6.54 Å². The molecular weight excluding hydrogens is 368 g/mol. The monoisotopic (exact) mass is 394 g/mol. The van der Waals surface area contributed by atoms with Crippen LogP contribution in [0.3, 0.4) is 0 Å². The molecule has 3 aromatic rings. The molecule has 0 amide bonds. The van der Waals surface area contributed by atoms with E-state index >= 15 is 0 Å². The van der Waals surface area contributed by atoms with Gasteiger partial charge in [0.1, 0.15) is 12.1 Å². The Hall–Kier alpha value is -3.00. The van der Waals surface area contributed by atoms with Crippen molar-refractivity contribution in [3.05, 3.63) is 53.9 Å². The van der Waals surface area contributed by atoms with Crippen LogP contribution in [0.5, 0.6) is 5.75 Å². The standard InChI is InChI=1S/C21H26N6O2/c1-15-12-16(2)27(24-15)21(28)17-8-10-25(11-9-17)13-20-23-22-14-26(20)18-6-4-5-7-19(18)29-3/h4-7,12,14,17H,8-11,13H2,1-3H3. The van der Waals surface area contributed by atoms with Crippen LogP contribution in [0, 0.1) is 19.8 Å². The Morgan fingerprint density at radius 1 is 1.21 bits per heavy atom. The van der Waals surface area contributed by atoms with E-state index in [0.717, 1.165) is 54.6 Å². The third-order valence-corrected chi connectivity index (χ3v) is 5.48. The number of carbonyl (C=O) groups is 1. The summed E-state index contributed by atoms with van der Waals surface area (Å²) in [5, 5.41) is 12.8. The van der Waals surface area contributed by atoms with Gasteiger partial charge in [-0.1, -0.05) is 12.1 Å². The number of ether oxygens (including phenoxy) is 1. The molecule has 0 saturated carbocycles. The number of piperidine rings is 1. The fraction of sp³-hybridized carbons (Fsp3) is 0.429. The van der Waals surface area contributed by atoms with Crippen LogP contribution in [-0.4, -0.2) is 55.6 Å². The molecule has 0 N–H and O–H groups in total. The van der Waals surface area contributed by atoms with E-state index in [1.807, 2.05) is 48.7 Å². The molecule has 1 saturated heterocycles. The number of rotatable bonds is 5. The fourth-order valence-corrected chi connectivity index (χ4v) is 3.96. The number of aromatic nitrogens is 5. The van der Waals surface area contributed by atoms with Crippen molar-refractivity contribution < 1.29 is 9.53 Å². The third kappa shape index (κ3) is 3.93. The lowest BCUT2D eigenvalue weighted by Crippen LogP contribution is -2.38. The van der Waals surface area contributed by atoms with Gasteiger partial charge < -0.3 is 4.74 Å². The highest BCUT2D eigenvalue weighted by Gasteiger charge is 2.28. The molecule has 0 spiro atoms. The number of likely N-dealkylation sites (tertiary alicyclic amines) is 1. The summed E-state index contributed by atoms with van der Waals surface area (Å²) in [6.07, 6.45) is 3.35. The van der Waals surface area contributed by atoms with E-state index < -0.39 is 0 Å². The number of nitrogens with zero attached hydrogens (tertiary/aromatic N) is 6. The summed E-state index contributed by atoms with van der Waals surface area (Å²) in [7, 11) is 1.66. The topological polar surface area (TPSA) is 78.1 Å². The van der Waals surface area contributed by atoms with Crippen LogP contribution in [0.1, 0.15) is 34.8 Å². The van der Waals surface area contributed by atoms with Crippen LogP contribution >= 0.6 is 0 Å². The second-order valence-corrected chi connectivity index (χ2v) is 7.52. The normalized spacial score (nSPS) is 15.6. The maximum atomic E-state index is 12.8. The van der Waals surface area contributed by atoms with Gasteiger partial charge in [0.15, 0.2) is 5.82 Å². The van der Waals surface area contributed by atoms with Crippen molar-refractivity contribution in [1.82, 2.24) is 29.4 Å². The smallest absolute Gasteiger partial charge is 0.250 e. The summed E-state index contributed by atoms with van der Waals surface area (Å²) in [6, 6.07) is 9.77. The Labute approximate surface area is 170 Å². The summed E-state index contributed by atoms with van der Waals surface area (Å²) in [4.78, 5) is 15.1. The lowest BCUT2D eigenvalue weighted by molar-refractivity contribution is 0.0725. The lowest BCUT2D eigenvalue weighted by Gasteiger charge is -2.30. The average molecular weight is 394 g/mol. The maximum absolute atomic E-state index is 12.8. The molecule has 3 heterocycles. The number of aryl methyl sites for hydroxylation is 2. The highest BCUT2D eigenvalue weighted by Crippen LogP contribution is 2.25. The first kappa shape index (κ1) is 19.3. The minimum Gasteiger partial charge on any atom is -0.495 e. The van der Waals surface area contributed by atoms with Crippen molar-refractivity contribution in [2.75, 3.05) is 20.2 Å². The molecule has 0 radical (unpaired) electrons. The Balaban J connectivity index is 1.42. The van der Waals surface area contributed by atoms with Crippen LogP contribution in [0.4, 0.5) is 0 Å². The zero-order valence-corrected chi connectivity index (χ0v) is 17.1. The Morgan fingerprint density at radius 3 is 2.66 bits per heavy atom. The largest absolute Gasteiger partial charge is 0.495 e. The number of methoxy groups -OCH3 is 1. The van der Waals surface area contributed by atoms with Crippen molar-refractivity contribution in [3.8, 4) is 11.4 Å². The Bertz CT molecular complexity index is 1000. The molecule has 1 aliphatic rings. The number of carbonyl (C=O) groups excluding carboxylic acids is 1. The first-order valence-corrected chi connectivity index (χ1v) is 9.89. The van der Waals surface area contributed by atoms with Gasteiger partial charge in [0.2, 0.25) is 5.91 Å².